The average molecular weight is 493 g/mol. The Bertz CT molecular complexity index is 1180. The molecule has 0 aliphatic carbocycles. The fraction of sp³-hybridized carbons (Fsp3) is 0.174. The van der Waals surface area contributed by atoms with Crippen LogP contribution < -0.4 is 14.4 Å². The summed E-state index contributed by atoms with van der Waals surface area (Å²) >= 11 is 11.8. The Hall–Kier alpha value is -2.74. The first kappa shape index (κ1) is 23.9. The molecule has 0 aliphatic heterocycles. The normalized spacial score (nSPS) is 11.1. The summed E-state index contributed by atoms with van der Waals surface area (Å²) in [7, 11) is -3.69. The topological polar surface area (TPSA) is 75.7 Å². The van der Waals surface area contributed by atoms with Crippen LogP contribution in [0.25, 0.3) is 0 Å². The highest BCUT2D eigenvalue weighted by Crippen LogP contribution is 2.26. The Morgan fingerprint density at radius 3 is 2.12 bits per heavy atom. The summed E-state index contributed by atoms with van der Waals surface area (Å²) in [5.41, 5.74) is 1.95. The van der Waals surface area contributed by atoms with E-state index in [-0.39, 0.29) is 24.0 Å². The number of hydrogen-bond acceptors (Lipinski definition) is 4. The first-order valence-corrected chi connectivity index (χ1v) is 12.0. The molecular formula is C23H22Cl2N2O4S. The Balaban J connectivity index is 1.65. The molecule has 0 radical (unpaired) electrons. The molecule has 0 aliphatic rings. The van der Waals surface area contributed by atoms with Gasteiger partial charge in [0.1, 0.15) is 5.75 Å². The summed E-state index contributed by atoms with van der Waals surface area (Å²) in [6, 6.07) is 17.9. The van der Waals surface area contributed by atoms with Gasteiger partial charge in [0.15, 0.2) is 6.61 Å². The largest absolute Gasteiger partial charge is 0.484 e. The third kappa shape index (κ3) is 5.94. The maximum atomic E-state index is 13.0. The lowest BCUT2D eigenvalue weighted by molar-refractivity contribution is -0.118. The van der Waals surface area contributed by atoms with Gasteiger partial charge < -0.3 is 10.1 Å². The number of anilines is 2. The number of nitrogens with zero attached hydrogens (tertiary/aromatic N) is 1. The molecule has 0 bridgehead atoms. The number of carbonyl (C=O) groups is 1. The molecule has 0 fully saturated rings. The predicted octanol–water partition coefficient (Wildman–Crippen LogP) is 5.53. The highest BCUT2D eigenvalue weighted by molar-refractivity contribution is 7.92. The van der Waals surface area contributed by atoms with Gasteiger partial charge in [-0.15, -0.1) is 0 Å². The summed E-state index contributed by atoms with van der Waals surface area (Å²) < 4.78 is 32.9. The van der Waals surface area contributed by atoms with Gasteiger partial charge in [0.2, 0.25) is 0 Å². The van der Waals surface area contributed by atoms with Crippen molar-refractivity contribution in [1.82, 2.24) is 0 Å². The van der Waals surface area contributed by atoms with Crippen LogP contribution in [0.3, 0.4) is 0 Å². The predicted molar refractivity (Wildman–Crippen MR) is 128 cm³/mol. The molecule has 9 heteroatoms. The minimum Gasteiger partial charge on any atom is -0.484 e. The second-order valence-corrected chi connectivity index (χ2v) is 9.71. The lowest BCUT2D eigenvalue weighted by Gasteiger charge is -2.23. The molecular weight excluding hydrogens is 471 g/mol. The van der Waals surface area contributed by atoms with E-state index in [0.29, 0.717) is 27.2 Å². The highest BCUT2D eigenvalue weighted by Gasteiger charge is 2.23. The van der Waals surface area contributed by atoms with Crippen LogP contribution in [-0.2, 0) is 14.8 Å². The van der Waals surface area contributed by atoms with Gasteiger partial charge in [-0.3, -0.25) is 9.10 Å². The van der Waals surface area contributed by atoms with Crippen molar-refractivity contribution in [2.75, 3.05) is 22.8 Å². The van der Waals surface area contributed by atoms with E-state index < -0.39 is 10.0 Å². The number of sulfonamides is 1. The Morgan fingerprint density at radius 2 is 1.56 bits per heavy atom. The van der Waals surface area contributed by atoms with E-state index in [9.17, 15) is 13.2 Å². The fourth-order valence-electron chi connectivity index (χ4n) is 3.01. The van der Waals surface area contributed by atoms with Gasteiger partial charge in [-0.05, 0) is 68.4 Å². The maximum Gasteiger partial charge on any atom is 0.264 e. The van der Waals surface area contributed by atoms with Gasteiger partial charge in [-0.1, -0.05) is 40.9 Å². The van der Waals surface area contributed by atoms with Crippen molar-refractivity contribution in [3.05, 3.63) is 82.3 Å². The zero-order chi connectivity index (χ0) is 23.3. The zero-order valence-corrected chi connectivity index (χ0v) is 19.8. The van der Waals surface area contributed by atoms with Crippen LogP contribution in [0.1, 0.15) is 12.5 Å². The minimum absolute atomic E-state index is 0.225. The van der Waals surface area contributed by atoms with Crippen LogP contribution in [0, 0.1) is 6.92 Å². The SMILES string of the molecule is CCN(c1ccc(OCC(=O)Nc2cc(Cl)cc(Cl)c2)cc1)S(=O)(=O)c1ccc(C)cc1. The van der Waals surface area contributed by atoms with Gasteiger partial charge in [-0.2, -0.15) is 0 Å². The van der Waals surface area contributed by atoms with Crippen molar-refractivity contribution in [3.63, 3.8) is 0 Å². The van der Waals surface area contributed by atoms with Gasteiger partial charge in [0, 0.05) is 22.3 Å². The Kier molecular flexibility index (Phi) is 7.66. The third-order valence-corrected chi connectivity index (χ3v) is 6.89. The molecule has 0 unspecified atom stereocenters. The Morgan fingerprint density at radius 1 is 0.969 bits per heavy atom. The van der Waals surface area contributed by atoms with E-state index in [1.54, 1.807) is 73.7 Å². The average Bonchev–Trinajstić information content (AvgIpc) is 2.73. The van der Waals surface area contributed by atoms with Crippen molar-refractivity contribution in [3.8, 4) is 5.75 Å². The van der Waals surface area contributed by atoms with Gasteiger partial charge in [0.25, 0.3) is 15.9 Å². The lowest BCUT2D eigenvalue weighted by atomic mass is 10.2. The number of ether oxygens (including phenoxy) is 1. The van der Waals surface area contributed by atoms with Crippen LogP contribution in [0.2, 0.25) is 10.0 Å². The summed E-state index contributed by atoms with van der Waals surface area (Å²) in [6.45, 7) is 3.70. The second-order valence-electron chi connectivity index (χ2n) is 6.97. The number of benzene rings is 3. The second kappa shape index (κ2) is 10.3. The molecule has 3 aromatic carbocycles. The van der Waals surface area contributed by atoms with E-state index in [1.807, 2.05) is 6.92 Å². The van der Waals surface area contributed by atoms with Gasteiger partial charge in [-0.25, -0.2) is 8.42 Å². The monoisotopic (exact) mass is 492 g/mol. The van der Waals surface area contributed by atoms with Crippen LogP contribution in [0.4, 0.5) is 11.4 Å². The van der Waals surface area contributed by atoms with Crippen molar-refractivity contribution < 1.29 is 17.9 Å². The molecule has 0 saturated carbocycles. The molecule has 0 atom stereocenters. The first-order valence-electron chi connectivity index (χ1n) is 9.77. The van der Waals surface area contributed by atoms with E-state index >= 15 is 0 Å². The standard InChI is InChI=1S/C23H22Cl2N2O4S/c1-3-27(32(29,30)22-10-4-16(2)5-11-22)20-6-8-21(9-7-20)31-15-23(28)26-19-13-17(24)12-18(25)14-19/h4-14H,3,15H2,1-2H3,(H,26,28). The molecule has 3 aromatic rings. The Labute approximate surface area is 197 Å². The van der Waals surface area contributed by atoms with Crippen LogP contribution >= 0.6 is 23.2 Å². The third-order valence-electron chi connectivity index (χ3n) is 4.54. The number of rotatable bonds is 8. The van der Waals surface area contributed by atoms with Crippen LogP contribution in [0.15, 0.2) is 71.6 Å². The maximum absolute atomic E-state index is 13.0. The van der Waals surface area contributed by atoms with E-state index in [4.69, 9.17) is 27.9 Å². The number of nitrogens with one attached hydrogen (secondary N) is 1. The van der Waals surface area contributed by atoms with Gasteiger partial charge >= 0.3 is 0 Å². The first-order chi connectivity index (χ1) is 15.2. The lowest BCUT2D eigenvalue weighted by Crippen LogP contribution is -2.30. The molecule has 0 aromatic heterocycles. The van der Waals surface area contributed by atoms with Crippen molar-refractivity contribution in [2.24, 2.45) is 0 Å². The molecule has 0 heterocycles. The quantitative estimate of drug-likeness (QED) is 0.448. The summed E-state index contributed by atoms with van der Waals surface area (Å²) in [6.07, 6.45) is 0. The van der Waals surface area contributed by atoms with E-state index in [0.717, 1.165) is 5.56 Å². The fourth-order valence-corrected chi connectivity index (χ4v) is 5.01. The number of carbonyl (C=O) groups excluding carboxylic acids is 1. The number of amides is 1. The summed E-state index contributed by atoms with van der Waals surface area (Å²) in [5, 5.41) is 3.47. The van der Waals surface area contributed by atoms with Crippen LogP contribution in [-0.4, -0.2) is 27.5 Å². The molecule has 168 valence electrons. The molecule has 6 nitrogen and oxygen atoms in total. The smallest absolute Gasteiger partial charge is 0.264 e. The number of halogens is 2. The van der Waals surface area contributed by atoms with Crippen molar-refractivity contribution in [1.29, 1.82) is 0 Å². The molecule has 32 heavy (non-hydrogen) atoms. The van der Waals surface area contributed by atoms with E-state index in [1.165, 1.54) is 4.31 Å². The number of aryl methyl sites for hydroxylation is 1. The molecule has 0 saturated heterocycles. The highest BCUT2D eigenvalue weighted by atomic mass is 35.5. The van der Waals surface area contributed by atoms with Crippen molar-refractivity contribution >= 4 is 50.5 Å². The molecule has 3 rings (SSSR count). The summed E-state index contributed by atoms with van der Waals surface area (Å²) in [4.78, 5) is 12.4. The molecule has 1 amide bonds. The van der Waals surface area contributed by atoms with Crippen LogP contribution in [0.5, 0.6) is 5.75 Å². The molecule has 1 N–H and O–H groups in total. The minimum atomic E-state index is -3.69. The van der Waals surface area contributed by atoms with Crippen molar-refractivity contribution in [2.45, 2.75) is 18.7 Å². The molecule has 0 spiro atoms. The number of hydrogen-bond donors (Lipinski definition) is 1. The zero-order valence-electron chi connectivity index (χ0n) is 17.5. The van der Waals surface area contributed by atoms with Gasteiger partial charge in [0.05, 0.1) is 10.6 Å². The van der Waals surface area contributed by atoms with E-state index in [2.05, 4.69) is 5.32 Å². The summed E-state index contributed by atoms with van der Waals surface area (Å²) in [5.74, 6) is 0.0429.